The predicted octanol–water partition coefficient (Wildman–Crippen LogP) is 3.10. The number of thiophene rings is 1. The van der Waals surface area contributed by atoms with E-state index < -0.39 is 0 Å². The highest BCUT2D eigenvalue weighted by atomic mass is 32.1. The second-order valence-electron chi connectivity index (χ2n) is 5.19. The molecule has 104 valence electrons. The topological polar surface area (TPSA) is 23.5 Å². The van der Waals surface area contributed by atoms with E-state index in [-0.39, 0.29) is 6.61 Å². The molecule has 0 amide bonds. The van der Waals surface area contributed by atoms with Gasteiger partial charge < -0.3 is 5.11 Å². The van der Waals surface area contributed by atoms with Crippen LogP contribution < -0.4 is 0 Å². The Balaban J connectivity index is 1.87. The minimum absolute atomic E-state index is 0.150. The monoisotopic (exact) mass is 277 g/mol. The summed E-state index contributed by atoms with van der Waals surface area (Å²) in [6.07, 6.45) is 4.61. The van der Waals surface area contributed by atoms with Gasteiger partial charge >= 0.3 is 0 Å². The normalized spacial score (nSPS) is 20.0. The van der Waals surface area contributed by atoms with Crippen molar-refractivity contribution in [3.05, 3.63) is 21.9 Å². The summed E-state index contributed by atoms with van der Waals surface area (Å²) in [4.78, 5) is 5.10. The summed E-state index contributed by atoms with van der Waals surface area (Å²) in [5, 5.41) is 8.71. The lowest BCUT2D eigenvalue weighted by atomic mass is 9.96. The van der Waals surface area contributed by atoms with Gasteiger partial charge in [0.2, 0.25) is 0 Å². The predicted molar refractivity (Wildman–Crippen MR) is 81.2 cm³/mol. The van der Waals surface area contributed by atoms with Crippen LogP contribution in [0.3, 0.4) is 0 Å². The van der Waals surface area contributed by atoms with Crippen LogP contribution in [0.15, 0.2) is 12.1 Å². The summed E-state index contributed by atoms with van der Waals surface area (Å²) in [6, 6.07) is 4.30. The molecule has 0 bridgehead atoms. The third kappa shape index (κ3) is 4.65. The van der Waals surface area contributed by atoms with Crippen LogP contribution in [-0.2, 0) is 6.54 Å². The Bertz CT molecular complexity index is 443. The Labute approximate surface area is 120 Å². The standard InChI is InChI=1S/C16H23NOS/c1-2-14-6-5-10-17(12-14)13-16-9-8-15(19-16)7-3-4-11-18/h8-9,14,18H,2,4-6,10-13H2,1H3. The van der Waals surface area contributed by atoms with E-state index in [0.717, 1.165) is 17.3 Å². The highest BCUT2D eigenvalue weighted by Gasteiger charge is 2.18. The fourth-order valence-electron chi connectivity index (χ4n) is 2.58. The van der Waals surface area contributed by atoms with Crippen molar-refractivity contribution in [1.29, 1.82) is 0 Å². The molecule has 0 aromatic carbocycles. The quantitative estimate of drug-likeness (QED) is 0.855. The molecule has 1 atom stereocenters. The zero-order chi connectivity index (χ0) is 13.5. The molecule has 1 N–H and O–H groups in total. The van der Waals surface area contributed by atoms with Crippen molar-refractivity contribution < 1.29 is 5.11 Å². The third-order valence-electron chi connectivity index (χ3n) is 3.67. The summed E-state index contributed by atoms with van der Waals surface area (Å²) < 4.78 is 0. The average Bonchev–Trinajstić information content (AvgIpc) is 2.87. The number of hydrogen-bond donors (Lipinski definition) is 1. The van der Waals surface area contributed by atoms with Crippen LogP contribution in [0.2, 0.25) is 0 Å². The molecule has 2 heterocycles. The van der Waals surface area contributed by atoms with E-state index in [0.29, 0.717) is 6.42 Å². The fraction of sp³-hybridized carbons (Fsp3) is 0.625. The molecule has 1 aliphatic rings. The first kappa shape index (κ1) is 14.6. The van der Waals surface area contributed by atoms with Gasteiger partial charge in [-0.1, -0.05) is 25.2 Å². The van der Waals surface area contributed by atoms with Gasteiger partial charge in [0, 0.05) is 24.4 Å². The molecule has 1 aromatic heterocycles. The van der Waals surface area contributed by atoms with Crippen LogP contribution in [0.5, 0.6) is 0 Å². The van der Waals surface area contributed by atoms with Gasteiger partial charge in [-0.2, -0.15) is 0 Å². The van der Waals surface area contributed by atoms with Crippen molar-refractivity contribution in [3.8, 4) is 11.8 Å². The summed E-state index contributed by atoms with van der Waals surface area (Å²) >= 11 is 1.79. The second-order valence-corrected chi connectivity index (χ2v) is 6.36. The highest BCUT2D eigenvalue weighted by Crippen LogP contribution is 2.23. The van der Waals surface area contributed by atoms with Gasteiger partial charge in [0.1, 0.15) is 0 Å². The lowest BCUT2D eigenvalue weighted by Crippen LogP contribution is -2.34. The Morgan fingerprint density at radius 1 is 1.47 bits per heavy atom. The number of hydrogen-bond acceptors (Lipinski definition) is 3. The third-order valence-corrected chi connectivity index (χ3v) is 4.66. The molecule has 2 nitrogen and oxygen atoms in total. The lowest BCUT2D eigenvalue weighted by Gasteiger charge is -2.31. The first-order valence-corrected chi connectivity index (χ1v) is 8.04. The molecule has 1 unspecified atom stereocenters. The van der Waals surface area contributed by atoms with Gasteiger partial charge in [0.15, 0.2) is 0 Å². The number of rotatable bonds is 4. The van der Waals surface area contributed by atoms with Crippen LogP contribution in [0.1, 0.15) is 42.4 Å². The van der Waals surface area contributed by atoms with E-state index in [1.54, 1.807) is 11.3 Å². The molecule has 19 heavy (non-hydrogen) atoms. The van der Waals surface area contributed by atoms with E-state index in [1.807, 2.05) is 0 Å². The molecule has 0 aliphatic carbocycles. The van der Waals surface area contributed by atoms with Crippen LogP contribution in [-0.4, -0.2) is 29.7 Å². The van der Waals surface area contributed by atoms with E-state index in [2.05, 4.69) is 35.8 Å². The summed E-state index contributed by atoms with van der Waals surface area (Å²) in [5.41, 5.74) is 0. The number of piperidine rings is 1. The first-order chi connectivity index (χ1) is 9.31. The van der Waals surface area contributed by atoms with Gasteiger partial charge in [0.05, 0.1) is 11.5 Å². The van der Waals surface area contributed by atoms with Crippen LogP contribution >= 0.6 is 11.3 Å². The van der Waals surface area contributed by atoms with Gasteiger partial charge in [0.25, 0.3) is 0 Å². The Morgan fingerprint density at radius 3 is 3.16 bits per heavy atom. The summed E-state index contributed by atoms with van der Waals surface area (Å²) in [6.45, 7) is 6.01. The molecule has 3 heteroatoms. The fourth-order valence-corrected chi connectivity index (χ4v) is 3.51. The maximum absolute atomic E-state index is 8.71. The SMILES string of the molecule is CCC1CCCN(Cc2ccc(C#CCCO)s2)C1. The second kappa shape index (κ2) is 7.69. The van der Waals surface area contributed by atoms with Crippen LogP contribution in [0.25, 0.3) is 0 Å². The lowest BCUT2D eigenvalue weighted by molar-refractivity contribution is 0.166. The van der Waals surface area contributed by atoms with E-state index in [4.69, 9.17) is 5.11 Å². The smallest absolute Gasteiger partial charge is 0.0771 e. The van der Waals surface area contributed by atoms with Gasteiger partial charge in [-0.25, -0.2) is 0 Å². The number of nitrogens with zero attached hydrogens (tertiary/aromatic N) is 1. The Kier molecular flexibility index (Phi) is 5.91. The van der Waals surface area contributed by atoms with Gasteiger partial charge in [-0.15, -0.1) is 11.3 Å². The van der Waals surface area contributed by atoms with Crippen molar-refractivity contribution >= 4 is 11.3 Å². The summed E-state index contributed by atoms with van der Waals surface area (Å²) in [7, 11) is 0. The Hall–Kier alpha value is -0.820. The zero-order valence-corrected chi connectivity index (χ0v) is 12.5. The molecule has 0 saturated carbocycles. The Morgan fingerprint density at radius 2 is 2.37 bits per heavy atom. The van der Waals surface area contributed by atoms with E-state index >= 15 is 0 Å². The molecule has 0 spiro atoms. The molecule has 1 fully saturated rings. The minimum Gasteiger partial charge on any atom is -0.395 e. The van der Waals surface area contributed by atoms with E-state index in [9.17, 15) is 0 Å². The van der Waals surface area contributed by atoms with E-state index in [1.165, 1.54) is 37.2 Å². The highest BCUT2D eigenvalue weighted by molar-refractivity contribution is 7.12. The van der Waals surface area contributed by atoms with Crippen molar-refractivity contribution in [3.63, 3.8) is 0 Å². The van der Waals surface area contributed by atoms with Crippen molar-refractivity contribution in [2.24, 2.45) is 5.92 Å². The number of aliphatic hydroxyl groups excluding tert-OH is 1. The minimum atomic E-state index is 0.150. The largest absolute Gasteiger partial charge is 0.395 e. The van der Waals surface area contributed by atoms with Gasteiger partial charge in [-0.05, 0) is 37.4 Å². The molecule has 2 rings (SSSR count). The molecular formula is C16H23NOS. The van der Waals surface area contributed by atoms with Gasteiger partial charge in [-0.3, -0.25) is 4.90 Å². The summed E-state index contributed by atoms with van der Waals surface area (Å²) in [5.74, 6) is 6.98. The molecule has 1 aromatic rings. The van der Waals surface area contributed by atoms with Crippen molar-refractivity contribution in [2.45, 2.75) is 39.2 Å². The molecule has 1 saturated heterocycles. The zero-order valence-electron chi connectivity index (χ0n) is 11.7. The number of aliphatic hydroxyl groups is 1. The average molecular weight is 277 g/mol. The van der Waals surface area contributed by atoms with Crippen LogP contribution in [0, 0.1) is 17.8 Å². The first-order valence-electron chi connectivity index (χ1n) is 7.22. The van der Waals surface area contributed by atoms with Crippen molar-refractivity contribution in [2.75, 3.05) is 19.7 Å². The van der Waals surface area contributed by atoms with Crippen LogP contribution in [0.4, 0.5) is 0 Å². The molecular weight excluding hydrogens is 254 g/mol. The maximum Gasteiger partial charge on any atom is 0.0771 e. The number of likely N-dealkylation sites (tertiary alicyclic amines) is 1. The molecule has 1 aliphatic heterocycles. The van der Waals surface area contributed by atoms with Crippen molar-refractivity contribution in [1.82, 2.24) is 4.90 Å². The maximum atomic E-state index is 8.71. The molecule has 0 radical (unpaired) electrons.